The molecule has 0 aromatic heterocycles. The average molecular weight is 287 g/mol. The summed E-state index contributed by atoms with van der Waals surface area (Å²) in [6.45, 7) is 3.44. The number of hydrogen-bond donors (Lipinski definition) is 1. The fraction of sp³-hybridized carbons (Fsp3) is 0.529. The molecule has 4 nitrogen and oxygen atoms in total. The molecule has 2 aliphatic rings. The maximum Gasteiger partial charge on any atom is 0.307 e. The largest absolute Gasteiger partial charge is 0.481 e. The van der Waals surface area contributed by atoms with Crippen molar-refractivity contribution in [2.45, 2.75) is 32.6 Å². The molecular formula is C17H21NO3. The number of benzene rings is 1. The van der Waals surface area contributed by atoms with Crippen molar-refractivity contribution in [1.82, 2.24) is 4.90 Å². The summed E-state index contributed by atoms with van der Waals surface area (Å²) in [6.07, 6.45) is 2.91. The standard InChI is InChI=1S/C17H21NO3/c1-12-2-4-13(5-3-12)10-15(19)18-8-6-17(7-9-18)11-14(17)16(20)21/h2-5,14H,6-11H2,1H3,(H,20,21). The quantitative estimate of drug-likeness (QED) is 0.927. The van der Waals surface area contributed by atoms with E-state index >= 15 is 0 Å². The van der Waals surface area contributed by atoms with E-state index in [-0.39, 0.29) is 17.2 Å². The molecule has 2 fully saturated rings. The van der Waals surface area contributed by atoms with Crippen LogP contribution in [0.25, 0.3) is 0 Å². The van der Waals surface area contributed by atoms with E-state index in [4.69, 9.17) is 5.11 Å². The molecule has 1 aliphatic heterocycles. The molecule has 4 heteroatoms. The molecule has 1 atom stereocenters. The number of carboxylic acid groups (broad SMARTS) is 1. The summed E-state index contributed by atoms with van der Waals surface area (Å²) in [6, 6.07) is 8.05. The second kappa shape index (κ2) is 5.17. The Kier molecular flexibility index (Phi) is 3.47. The van der Waals surface area contributed by atoms with Gasteiger partial charge in [0.2, 0.25) is 5.91 Å². The smallest absolute Gasteiger partial charge is 0.307 e. The molecule has 21 heavy (non-hydrogen) atoms. The van der Waals surface area contributed by atoms with E-state index in [0.717, 1.165) is 24.8 Å². The lowest BCUT2D eigenvalue weighted by atomic mass is 9.90. The number of likely N-dealkylation sites (tertiary alicyclic amines) is 1. The van der Waals surface area contributed by atoms with Crippen LogP contribution in [-0.2, 0) is 16.0 Å². The van der Waals surface area contributed by atoms with Gasteiger partial charge in [0.1, 0.15) is 0 Å². The normalized spacial score (nSPS) is 23.1. The highest BCUT2D eigenvalue weighted by Crippen LogP contribution is 2.59. The number of piperidine rings is 1. The summed E-state index contributed by atoms with van der Waals surface area (Å²) in [5.74, 6) is -0.692. The Labute approximate surface area is 124 Å². The molecule has 1 saturated carbocycles. The zero-order valence-corrected chi connectivity index (χ0v) is 12.3. The number of carboxylic acids is 1. The Hall–Kier alpha value is -1.84. The second-order valence-corrected chi connectivity index (χ2v) is 6.50. The molecule has 1 aromatic carbocycles. The molecule has 1 unspecified atom stereocenters. The van der Waals surface area contributed by atoms with Crippen LogP contribution in [0.5, 0.6) is 0 Å². The minimum atomic E-state index is -0.672. The summed E-state index contributed by atoms with van der Waals surface area (Å²) in [5.41, 5.74) is 2.23. The van der Waals surface area contributed by atoms with Gasteiger partial charge >= 0.3 is 5.97 Å². The maximum atomic E-state index is 12.3. The first kappa shape index (κ1) is 14.1. The van der Waals surface area contributed by atoms with E-state index in [1.807, 2.05) is 36.1 Å². The van der Waals surface area contributed by atoms with Crippen molar-refractivity contribution in [3.8, 4) is 0 Å². The molecule has 1 saturated heterocycles. The molecule has 112 valence electrons. The second-order valence-electron chi connectivity index (χ2n) is 6.50. The molecule has 0 radical (unpaired) electrons. The molecule has 1 heterocycles. The van der Waals surface area contributed by atoms with Gasteiger partial charge < -0.3 is 10.0 Å². The third kappa shape index (κ3) is 2.80. The van der Waals surface area contributed by atoms with Crippen molar-refractivity contribution in [1.29, 1.82) is 0 Å². The summed E-state index contributed by atoms with van der Waals surface area (Å²) >= 11 is 0. The van der Waals surface area contributed by atoms with Crippen LogP contribution in [-0.4, -0.2) is 35.0 Å². The fourth-order valence-corrected chi connectivity index (χ4v) is 3.44. The molecule has 0 bridgehead atoms. The van der Waals surface area contributed by atoms with Crippen LogP contribution in [0.4, 0.5) is 0 Å². The Morgan fingerprint density at radius 3 is 2.38 bits per heavy atom. The molecule has 1 aliphatic carbocycles. The van der Waals surface area contributed by atoms with Crippen LogP contribution in [0.2, 0.25) is 0 Å². The van der Waals surface area contributed by atoms with Gasteiger partial charge in [-0.05, 0) is 37.2 Å². The summed E-state index contributed by atoms with van der Waals surface area (Å²) in [7, 11) is 0. The Balaban J connectivity index is 1.54. The molecule has 1 aromatic rings. The Bertz CT molecular complexity index is 556. The first-order valence-corrected chi connectivity index (χ1v) is 7.56. The van der Waals surface area contributed by atoms with Crippen LogP contribution < -0.4 is 0 Å². The summed E-state index contributed by atoms with van der Waals surface area (Å²) in [4.78, 5) is 25.2. The highest BCUT2D eigenvalue weighted by Gasteiger charge is 2.59. The van der Waals surface area contributed by atoms with Crippen molar-refractivity contribution in [2.75, 3.05) is 13.1 Å². The number of carbonyl (C=O) groups is 2. The number of hydrogen-bond acceptors (Lipinski definition) is 2. The van der Waals surface area contributed by atoms with E-state index in [1.54, 1.807) is 0 Å². The fourth-order valence-electron chi connectivity index (χ4n) is 3.44. The van der Waals surface area contributed by atoms with Gasteiger partial charge in [-0.3, -0.25) is 9.59 Å². The third-order valence-electron chi connectivity index (χ3n) is 5.08. The minimum absolute atomic E-state index is 0.00747. The predicted octanol–water partition coefficient (Wildman–Crippen LogP) is 2.25. The number of rotatable bonds is 3. The first-order valence-electron chi connectivity index (χ1n) is 7.56. The number of aliphatic carboxylic acids is 1. The van der Waals surface area contributed by atoms with Crippen molar-refractivity contribution in [2.24, 2.45) is 11.3 Å². The monoisotopic (exact) mass is 287 g/mol. The van der Waals surface area contributed by atoms with Gasteiger partial charge in [-0.2, -0.15) is 0 Å². The summed E-state index contributed by atoms with van der Waals surface area (Å²) in [5, 5.41) is 9.08. The van der Waals surface area contributed by atoms with Crippen molar-refractivity contribution < 1.29 is 14.7 Å². The number of aryl methyl sites for hydroxylation is 1. The first-order chi connectivity index (χ1) is 10.00. The number of carbonyl (C=O) groups excluding carboxylic acids is 1. The summed E-state index contributed by atoms with van der Waals surface area (Å²) < 4.78 is 0. The van der Waals surface area contributed by atoms with E-state index < -0.39 is 5.97 Å². The van der Waals surface area contributed by atoms with E-state index in [2.05, 4.69) is 0 Å². The zero-order valence-electron chi connectivity index (χ0n) is 12.3. The molecule has 1 amide bonds. The van der Waals surface area contributed by atoms with Crippen LogP contribution in [0, 0.1) is 18.3 Å². The molecule has 1 spiro atoms. The van der Waals surface area contributed by atoms with E-state index in [0.29, 0.717) is 19.5 Å². The lowest BCUT2D eigenvalue weighted by Crippen LogP contribution is -2.40. The van der Waals surface area contributed by atoms with Gasteiger partial charge in [-0.25, -0.2) is 0 Å². The minimum Gasteiger partial charge on any atom is -0.481 e. The highest BCUT2D eigenvalue weighted by molar-refractivity contribution is 5.79. The van der Waals surface area contributed by atoms with Crippen LogP contribution in [0.15, 0.2) is 24.3 Å². The van der Waals surface area contributed by atoms with Crippen LogP contribution >= 0.6 is 0 Å². The zero-order chi connectivity index (χ0) is 15.0. The van der Waals surface area contributed by atoms with Crippen molar-refractivity contribution >= 4 is 11.9 Å². The van der Waals surface area contributed by atoms with Gasteiger partial charge in [0, 0.05) is 13.1 Å². The van der Waals surface area contributed by atoms with Crippen molar-refractivity contribution in [3.63, 3.8) is 0 Å². The van der Waals surface area contributed by atoms with Gasteiger partial charge in [0.15, 0.2) is 0 Å². The Morgan fingerprint density at radius 2 is 1.86 bits per heavy atom. The molecule has 1 N–H and O–H groups in total. The number of nitrogens with zero attached hydrogens (tertiary/aromatic N) is 1. The SMILES string of the molecule is Cc1ccc(CC(=O)N2CCC3(CC2)CC3C(=O)O)cc1. The van der Waals surface area contributed by atoms with Crippen LogP contribution in [0.1, 0.15) is 30.4 Å². The van der Waals surface area contributed by atoms with Crippen molar-refractivity contribution in [3.05, 3.63) is 35.4 Å². The number of amides is 1. The third-order valence-corrected chi connectivity index (χ3v) is 5.08. The van der Waals surface area contributed by atoms with E-state index in [9.17, 15) is 9.59 Å². The van der Waals surface area contributed by atoms with Gasteiger partial charge in [0.05, 0.1) is 12.3 Å². The van der Waals surface area contributed by atoms with Crippen LogP contribution in [0.3, 0.4) is 0 Å². The highest BCUT2D eigenvalue weighted by atomic mass is 16.4. The topological polar surface area (TPSA) is 57.6 Å². The molecule has 3 rings (SSSR count). The van der Waals surface area contributed by atoms with Gasteiger partial charge in [0.25, 0.3) is 0 Å². The average Bonchev–Trinajstić information content (AvgIpc) is 3.16. The maximum absolute atomic E-state index is 12.3. The van der Waals surface area contributed by atoms with Gasteiger partial charge in [-0.1, -0.05) is 29.8 Å². The Morgan fingerprint density at radius 1 is 1.24 bits per heavy atom. The van der Waals surface area contributed by atoms with Gasteiger partial charge in [-0.15, -0.1) is 0 Å². The lowest BCUT2D eigenvalue weighted by molar-refractivity contribution is -0.139. The predicted molar refractivity (Wildman–Crippen MR) is 78.9 cm³/mol. The lowest BCUT2D eigenvalue weighted by Gasteiger charge is -2.32. The van der Waals surface area contributed by atoms with E-state index in [1.165, 1.54) is 5.56 Å². The molecular weight excluding hydrogens is 266 g/mol.